The van der Waals surface area contributed by atoms with E-state index in [1.54, 1.807) is 7.11 Å². The monoisotopic (exact) mass is 261 g/mol. The van der Waals surface area contributed by atoms with Gasteiger partial charge in [-0.25, -0.2) is 0 Å². The lowest BCUT2D eigenvalue weighted by Crippen LogP contribution is -2.47. The number of methoxy groups -OCH3 is 1. The van der Waals surface area contributed by atoms with Gasteiger partial charge in [-0.15, -0.1) is 0 Å². The second-order valence-corrected chi connectivity index (χ2v) is 7.55. The first-order valence-electron chi connectivity index (χ1n) is 6.53. The van der Waals surface area contributed by atoms with Crippen LogP contribution in [0.4, 0.5) is 0 Å². The van der Waals surface area contributed by atoms with Gasteiger partial charge in [0, 0.05) is 36.3 Å². The van der Waals surface area contributed by atoms with Crippen molar-refractivity contribution in [1.29, 1.82) is 0 Å². The number of hydrogen-bond donors (Lipinski definition) is 1. The fourth-order valence-corrected chi connectivity index (χ4v) is 4.61. The van der Waals surface area contributed by atoms with Crippen molar-refractivity contribution in [3.63, 3.8) is 0 Å². The molecule has 1 aliphatic rings. The lowest BCUT2D eigenvalue weighted by molar-refractivity contribution is 0.199. The van der Waals surface area contributed by atoms with Crippen molar-refractivity contribution in [2.24, 2.45) is 5.41 Å². The third-order valence-corrected chi connectivity index (χ3v) is 5.60. The Labute approximate surface area is 108 Å². The van der Waals surface area contributed by atoms with E-state index in [-0.39, 0.29) is 0 Å². The van der Waals surface area contributed by atoms with E-state index < -0.39 is 10.8 Å². The summed E-state index contributed by atoms with van der Waals surface area (Å²) in [6, 6.07) is 0.423. The maximum Gasteiger partial charge on any atom is 0.0506 e. The van der Waals surface area contributed by atoms with Crippen LogP contribution >= 0.6 is 0 Å². The lowest BCUT2D eigenvalue weighted by Gasteiger charge is -2.40. The van der Waals surface area contributed by atoms with Crippen molar-refractivity contribution in [3.05, 3.63) is 0 Å². The molecule has 0 aromatic carbocycles. The molecule has 1 fully saturated rings. The molecule has 0 spiro atoms. The van der Waals surface area contributed by atoms with Gasteiger partial charge in [0.25, 0.3) is 0 Å². The number of hydrogen-bond acceptors (Lipinski definition) is 3. The van der Waals surface area contributed by atoms with Gasteiger partial charge < -0.3 is 10.1 Å². The smallest absolute Gasteiger partial charge is 0.0506 e. The molecule has 0 heterocycles. The molecule has 0 bridgehead atoms. The van der Waals surface area contributed by atoms with Gasteiger partial charge in [0.15, 0.2) is 0 Å². The first-order valence-corrected chi connectivity index (χ1v) is 7.92. The third kappa shape index (κ3) is 4.68. The predicted octanol–water partition coefficient (Wildman–Crippen LogP) is 1.94. The maximum absolute atomic E-state index is 12.3. The molecule has 1 saturated carbocycles. The van der Waals surface area contributed by atoms with Crippen LogP contribution in [0.15, 0.2) is 0 Å². The SMILES string of the molecule is CNC1CCC(C)(C)CC1S(=O)CCCOC. The molecule has 3 unspecified atom stereocenters. The molecule has 4 heteroatoms. The molecule has 0 radical (unpaired) electrons. The van der Waals surface area contributed by atoms with Gasteiger partial charge in [-0.05, 0) is 38.1 Å². The van der Waals surface area contributed by atoms with E-state index >= 15 is 0 Å². The van der Waals surface area contributed by atoms with Gasteiger partial charge in [-0.3, -0.25) is 4.21 Å². The summed E-state index contributed by atoms with van der Waals surface area (Å²) in [6.07, 6.45) is 4.34. The molecule has 0 aromatic heterocycles. The summed E-state index contributed by atoms with van der Waals surface area (Å²) < 4.78 is 17.4. The maximum atomic E-state index is 12.3. The molecule has 17 heavy (non-hydrogen) atoms. The molecular weight excluding hydrogens is 234 g/mol. The van der Waals surface area contributed by atoms with Crippen LogP contribution in [0, 0.1) is 5.41 Å². The zero-order valence-electron chi connectivity index (χ0n) is 11.6. The van der Waals surface area contributed by atoms with Gasteiger partial charge in [-0.2, -0.15) is 0 Å². The second-order valence-electron chi connectivity index (χ2n) is 5.77. The highest BCUT2D eigenvalue weighted by Crippen LogP contribution is 2.37. The topological polar surface area (TPSA) is 38.3 Å². The van der Waals surface area contributed by atoms with Gasteiger partial charge >= 0.3 is 0 Å². The van der Waals surface area contributed by atoms with Crippen LogP contribution in [0.3, 0.4) is 0 Å². The molecule has 3 nitrogen and oxygen atoms in total. The Morgan fingerprint density at radius 3 is 2.76 bits per heavy atom. The fourth-order valence-electron chi connectivity index (χ4n) is 2.62. The molecule has 1 N–H and O–H groups in total. The zero-order valence-corrected chi connectivity index (χ0v) is 12.4. The van der Waals surface area contributed by atoms with Gasteiger partial charge in [0.1, 0.15) is 0 Å². The largest absolute Gasteiger partial charge is 0.385 e. The van der Waals surface area contributed by atoms with E-state index in [0.717, 1.165) is 25.0 Å². The van der Waals surface area contributed by atoms with Gasteiger partial charge in [-0.1, -0.05) is 13.8 Å². The first-order chi connectivity index (χ1) is 8.00. The molecule has 0 aliphatic heterocycles. The first kappa shape index (κ1) is 15.1. The number of nitrogens with one attached hydrogen (secondary N) is 1. The Balaban J connectivity index is 2.54. The minimum atomic E-state index is -0.727. The molecule has 0 aromatic rings. The highest BCUT2D eigenvalue weighted by molar-refractivity contribution is 7.85. The summed E-state index contributed by atoms with van der Waals surface area (Å²) in [6.45, 7) is 5.29. The van der Waals surface area contributed by atoms with E-state index in [1.807, 2.05) is 7.05 Å². The Morgan fingerprint density at radius 2 is 2.18 bits per heavy atom. The number of rotatable bonds is 6. The van der Waals surface area contributed by atoms with Crippen LogP contribution in [0.2, 0.25) is 0 Å². The predicted molar refractivity (Wildman–Crippen MR) is 73.8 cm³/mol. The van der Waals surface area contributed by atoms with Crippen LogP contribution in [0.5, 0.6) is 0 Å². The molecule has 0 amide bonds. The summed E-state index contributed by atoms with van der Waals surface area (Å²) in [5, 5.41) is 3.64. The zero-order chi connectivity index (χ0) is 12.9. The molecule has 102 valence electrons. The van der Waals surface area contributed by atoms with Crippen molar-refractivity contribution in [3.8, 4) is 0 Å². The minimum absolute atomic E-state index is 0.306. The fraction of sp³-hybridized carbons (Fsp3) is 1.00. The quantitative estimate of drug-likeness (QED) is 0.743. The van der Waals surface area contributed by atoms with Crippen molar-refractivity contribution >= 4 is 10.8 Å². The van der Waals surface area contributed by atoms with E-state index in [4.69, 9.17) is 4.74 Å². The van der Waals surface area contributed by atoms with E-state index in [2.05, 4.69) is 19.2 Å². The molecule has 3 atom stereocenters. The average molecular weight is 261 g/mol. The Kier molecular flexibility index (Phi) is 6.10. The Bertz CT molecular complexity index is 256. The third-order valence-electron chi connectivity index (χ3n) is 3.74. The average Bonchev–Trinajstić information content (AvgIpc) is 2.28. The summed E-state index contributed by atoms with van der Waals surface area (Å²) >= 11 is 0. The molecular formula is C13H27NO2S. The van der Waals surface area contributed by atoms with Crippen LogP contribution in [-0.4, -0.2) is 42.0 Å². The van der Waals surface area contributed by atoms with Crippen molar-refractivity contribution < 1.29 is 8.95 Å². The Hall–Kier alpha value is 0.0700. The van der Waals surface area contributed by atoms with Crippen LogP contribution in [-0.2, 0) is 15.5 Å². The van der Waals surface area contributed by atoms with Crippen molar-refractivity contribution in [2.45, 2.75) is 50.8 Å². The molecule has 1 aliphatic carbocycles. The van der Waals surface area contributed by atoms with E-state index in [1.165, 1.54) is 6.42 Å². The normalized spacial score (nSPS) is 30.1. The highest BCUT2D eigenvalue weighted by Gasteiger charge is 2.37. The Morgan fingerprint density at radius 1 is 1.47 bits per heavy atom. The standard InChI is InChI=1S/C13H27NO2S/c1-13(2)7-6-11(14-3)12(10-13)17(15)9-5-8-16-4/h11-12,14H,5-10H2,1-4H3. The van der Waals surface area contributed by atoms with E-state index in [9.17, 15) is 4.21 Å². The van der Waals surface area contributed by atoms with Crippen molar-refractivity contribution in [2.75, 3.05) is 26.5 Å². The molecule has 1 rings (SSSR count). The van der Waals surface area contributed by atoms with Gasteiger partial charge in [0.2, 0.25) is 0 Å². The summed E-state index contributed by atoms with van der Waals surface area (Å²) in [5.41, 5.74) is 0.342. The van der Waals surface area contributed by atoms with Crippen LogP contribution in [0.25, 0.3) is 0 Å². The lowest BCUT2D eigenvalue weighted by atomic mass is 9.75. The summed E-state index contributed by atoms with van der Waals surface area (Å²) in [5.74, 6) is 0.771. The van der Waals surface area contributed by atoms with Crippen LogP contribution in [0.1, 0.15) is 39.5 Å². The number of ether oxygens (including phenoxy) is 1. The molecule has 0 saturated heterocycles. The minimum Gasteiger partial charge on any atom is -0.385 e. The summed E-state index contributed by atoms with van der Waals surface area (Å²) in [4.78, 5) is 0. The van der Waals surface area contributed by atoms with Crippen LogP contribution < -0.4 is 5.32 Å². The second kappa shape index (κ2) is 6.86. The summed E-state index contributed by atoms with van der Waals surface area (Å²) in [7, 11) is 2.96. The highest BCUT2D eigenvalue weighted by atomic mass is 32.2. The van der Waals surface area contributed by atoms with Gasteiger partial charge in [0.05, 0.1) is 5.25 Å². The van der Waals surface area contributed by atoms with Crippen molar-refractivity contribution in [1.82, 2.24) is 5.32 Å². The van der Waals surface area contributed by atoms with E-state index in [0.29, 0.717) is 23.3 Å².